The van der Waals surface area contributed by atoms with E-state index in [9.17, 15) is 8.42 Å². The zero-order valence-electron chi connectivity index (χ0n) is 9.15. The van der Waals surface area contributed by atoms with Crippen molar-refractivity contribution >= 4 is 10.0 Å². The van der Waals surface area contributed by atoms with E-state index in [1.54, 1.807) is 4.31 Å². The Kier molecular flexibility index (Phi) is 4.98. The molecule has 5 nitrogen and oxygen atoms in total. The summed E-state index contributed by atoms with van der Waals surface area (Å²) in [6, 6.07) is 0. The van der Waals surface area contributed by atoms with E-state index < -0.39 is 10.0 Å². The maximum Gasteiger partial charge on any atom is 0.211 e. The minimum atomic E-state index is -3.03. The first kappa shape index (κ1) is 12.9. The van der Waals surface area contributed by atoms with E-state index in [0.29, 0.717) is 25.6 Å². The smallest absolute Gasteiger partial charge is 0.211 e. The third-order valence-electron chi connectivity index (χ3n) is 2.67. The normalized spacial score (nSPS) is 24.3. The molecule has 1 heterocycles. The number of piperidine rings is 1. The number of nitrogens with zero attached hydrogens (tertiary/aromatic N) is 1. The molecule has 0 bridgehead atoms. The summed E-state index contributed by atoms with van der Waals surface area (Å²) in [6.07, 6.45) is 3.25. The Morgan fingerprint density at radius 3 is 2.87 bits per heavy atom. The standard InChI is InChI=1S/C9H20N2O3S/c1-15(13,14)11-5-2-3-9(8-11)7-10-4-6-12/h9-10,12H,2-8H2,1H3. The first-order chi connectivity index (χ1) is 7.04. The summed E-state index contributed by atoms with van der Waals surface area (Å²) in [5.74, 6) is 0.375. The molecule has 1 rings (SSSR count). The predicted octanol–water partition coefficient (Wildman–Crippen LogP) is -0.760. The summed E-state index contributed by atoms with van der Waals surface area (Å²) in [4.78, 5) is 0. The maximum absolute atomic E-state index is 11.3. The fourth-order valence-electron chi connectivity index (χ4n) is 1.88. The van der Waals surface area contributed by atoms with Crippen LogP contribution in [0.3, 0.4) is 0 Å². The zero-order chi connectivity index (χ0) is 11.3. The van der Waals surface area contributed by atoms with Gasteiger partial charge >= 0.3 is 0 Å². The Balaban J connectivity index is 2.36. The van der Waals surface area contributed by atoms with Crippen LogP contribution < -0.4 is 5.32 Å². The highest BCUT2D eigenvalue weighted by molar-refractivity contribution is 7.88. The fraction of sp³-hybridized carbons (Fsp3) is 1.00. The molecule has 1 aliphatic heterocycles. The second-order valence-corrected chi connectivity index (χ2v) is 6.04. The van der Waals surface area contributed by atoms with Crippen LogP contribution in [-0.4, -0.2) is 56.9 Å². The lowest BCUT2D eigenvalue weighted by atomic mass is 10.00. The van der Waals surface area contributed by atoms with Crippen molar-refractivity contribution < 1.29 is 13.5 Å². The van der Waals surface area contributed by atoms with E-state index in [-0.39, 0.29) is 6.61 Å². The van der Waals surface area contributed by atoms with Crippen LogP contribution in [0.2, 0.25) is 0 Å². The van der Waals surface area contributed by atoms with Gasteiger partial charge in [0.25, 0.3) is 0 Å². The van der Waals surface area contributed by atoms with E-state index in [1.807, 2.05) is 0 Å². The molecule has 2 N–H and O–H groups in total. The summed E-state index contributed by atoms with van der Waals surface area (Å²) in [5.41, 5.74) is 0. The van der Waals surface area contributed by atoms with Crippen LogP contribution in [0.4, 0.5) is 0 Å². The lowest BCUT2D eigenvalue weighted by Gasteiger charge is -2.31. The van der Waals surface area contributed by atoms with Gasteiger partial charge in [-0.3, -0.25) is 0 Å². The molecular weight excluding hydrogens is 216 g/mol. The molecule has 15 heavy (non-hydrogen) atoms. The Labute approximate surface area is 91.5 Å². The summed E-state index contributed by atoms with van der Waals surface area (Å²) in [5, 5.41) is 11.7. The first-order valence-corrected chi connectivity index (χ1v) is 7.15. The van der Waals surface area contributed by atoms with Crippen molar-refractivity contribution in [1.82, 2.24) is 9.62 Å². The van der Waals surface area contributed by atoms with Crippen molar-refractivity contribution in [3.05, 3.63) is 0 Å². The van der Waals surface area contributed by atoms with Crippen LogP contribution in [0.1, 0.15) is 12.8 Å². The quantitative estimate of drug-likeness (QED) is 0.616. The van der Waals surface area contributed by atoms with Gasteiger partial charge < -0.3 is 10.4 Å². The molecular formula is C9H20N2O3S. The Morgan fingerprint density at radius 2 is 2.27 bits per heavy atom. The molecule has 0 saturated carbocycles. The fourth-order valence-corrected chi connectivity index (χ4v) is 2.82. The van der Waals surface area contributed by atoms with Gasteiger partial charge in [-0.05, 0) is 25.3 Å². The Hall–Kier alpha value is -0.170. The van der Waals surface area contributed by atoms with E-state index in [1.165, 1.54) is 6.26 Å². The Morgan fingerprint density at radius 1 is 1.53 bits per heavy atom. The molecule has 1 fully saturated rings. The summed E-state index contributed by atoms with van der Waals surface area (Å²) < 4.78 is 24.2. The molecule has 0 aliphatic carbocycles. The average Bonchev–Trinajstić information content (AvgIpc) is 2.17. The van der Waals surface area contributed by atoms with Crippen LogP contribution in [0.5, 0.6) is 0 Å². The minimum absolute atomic E-state index is 0.127. The third kappa shape index (κ3) is 4.46. The molecule has 0 aromatic heterocycles. The lowest BCUT2D eigenvalue weighted by molar-refractivity contribution is 0.248. The monoisotopic (exact) mass is 236 g/mol. The van der Waals surface area contributed by atoms with E-state index >= 15 is 0 Å². The largest absolute Gasteiger partial charge is 0.395 e. The number of aliphatic hydroxyl groups excluding tert-OH is 1. The van der Waals surface area contributed by atoms with Gasteiger partial charge in [-0.2, -0.15) is 0 Å². The molecule has 0 amide bonds. The molecule has 0 radical (unpaired) electrons. The number of aliphatic hydroxyl groups is 1. The van der Waals surface area contributed by atoms with Gasteiger partial charge in [0, 0.05) is 19.6 Å². The second-order valence-electron chi connectivity index (χ2n) is 4.06. The summed E-state index contributed by atoms with van der Waals surface area (Å²) in [6.45, 7) is 2.75. The molecule has 1 aliphatic rings. The van der Waals surface area contributed by atoms with Gasteiger partial charge in [-0.15, -0.1) is 0 Å². The molecule has 0 aromatic carbocycles. The highest BCUT2D eigenvalue weighted by Gasteiger charge is 2.25. The number of nitrogens with one attached hydrogen (secondary N) is 1. The van der Waals surface area contributed by atoms with Crippen molar-refractivity contribution in [3.63, 3.8) is 0 Å². The van der Waals surface area contributed by atoms with Crippen LogP contribution in [-0.2, 0) is 10.0 Å². The van der Waals surface area contributed by atoms with Crippen molar-refractivity contribution in [1.29, 1.82) is 0 Å². The topological polar surface area (TPSA) is 69.6 Å². The van der Waals surface area contributed by atoms with Gasteiger partial charge in [0.2, 0.25) is 10.0 Å². The lowest BCUT2D eigenvalue weighted by Crippen LogP contribution is -2.42. The SMILES string of the molecule is CS(=O)(=O)N1CCCC(CNCCO)C1. The molecule has 90 valence electrons. The van der Waals surface area contributed by atoms with Crippen molar-refractivity contribution in [3.8, 4) is 0 Å². The van der Waals surface area contributed by atoms with Crippen molar-refractivity contribution in [2.24, 2.45) is 5.92 Å². The van der Waals surface area contributed by atoms with Gasteiger partial charge in [0.1, 0.15) is 0 Å². The second kappa shape index (κ2) is 5.79. The highest BCUT2D eigenvalue weighted by atomic mass is 32.2. The minimum Gasteiger partial charge on any atom is -0.395 e. The molecule has 0 spiro atoms. The van der Waals surface area contributed by atoms with E-state index in [4.69, 9.17) is 5.11 Å². The maximum atomic E-state index is 11.3. The molecule has 0 aromatic rings. The van der Waals surface area contributed by atoms with Gasteiger partial charge in [-0.1, -0.05) is 0 Å². The summed E-state index contributed by atoms with van der Waals surface area (Å²) >= 11 is 0. The number of hydrogen-bond acceptors (Lipinski definition) is 4. The van der Waals surface area contributed by atoms with Crippen LogP contribution >= 0.6 is 0 Å². The average molecular weight is 236 g/mol. The van der Waals surface area contributed by atoms with Crippen LogP contribution in [0, 0.1) is 5.92 Å². The van der Waals surface area contributed by atoms with Gasteiger partial charge in [0.15, 0.2) is 0 Å². The predicted molar refractivity (Wildman–Crippen MR) is 59.1 cm³/mol. The number of hydrogen-bond donors (Lipinski definition) is 2. The molecule has 1 unspecified atom stereocenters. The first-order valence-electron chi connectivity index (χ1n) is 5.30. The van der Waals surface area contributed by atoms with Gasteiger partial charge in [0.05, 0.1) is 12.9 Å². The van der Waals surface area contributed by atoms with Crippen molar-refractivity contribution in [2.45, 2.75) is 12.8 Å². The number of rotatable bonds is 5. The zero-order valence-corrected chi connectivity index (χ0v) is 9.96. The molecule has 6 heteroatoms. The van der Waals surface area contributed by atoms with E-state index in [0.717, 1.165) is 19.4 Å². The van der Waals surface area contributed by atoms with E-state index in [2.05, 4.69) is 5.32 Å². The van der Waals surface area contributed by atoms with Gasteiger partial charge in [-0.25, -0.2) is 12.7 Å². The third-order valence-corrected chi connectivity index (χ3v) is 3.94. The molecule has 1 atom stereocenters. The van der Waals surface area contributed by atoms with Crippen molar-refractivity contribution in [2.75, 3.05) is 39.0 Å². The summed E-state index contributed by atoms with van der Waals surface area (Å²) in [7, 11) is -3.03. The van der Waals surface area contributed by atoms with Crippen LogP contribution in [0.15, 0.2) is 0 Å². The highest BCUT2D eigenvalue weighted by Crippen LogP contribution is 2.17. The molecule has 1 saturated heterocycles. The van der Waals surface area contributed by atoms with Crippen LogP contribution in [0.25, 0.3) is 0 Å². The Bertz CT molecular complexity index is 279. The number of sulfonamides is 1.